The molecule has 3 aromatic rings. The van der Waals surface area contributed by atoms with Gasteiger partial charge in [0, 0.05) is 28.7 Å². The van der Waals surface area contributed by atoms with Crippen molar-refractivity contribution in [3.63, 3.8) is 0 Å². The topological polar surface area (TPSA) is 22.3 Å². The van der Waals surface area contributed by atoms with Crippen molar-refractivity contribution >= 4 is 23.3 Å². The maximum absolute atomic E-state index is 3.85. The lowest BCUT2D eigenvalue weighted by atomic mass is 9.65. The van der Waals surface area contributed by atoms with Gasteiger partial charge < -0.3 is 4.98 Å². The van der Waals surface area contributed by atoms with Gasteiger partial charge in [-0.25, -0.2) is 0 Å². The highest BCUT2D eigenvalue weighted by atomic mass is 35.5. The van der Waals surface area contributed by atoms with Gasteiger partial charge in [-0.05, 0) is 70.4 Å². The summed E-state index contributed by atoms with van der Waals surface area (Å²) in [5.41, 5.74) is 6.09. The quantitative estimate of drug-likeness (QED) is 0.620. The highest BCUT2D eigenvalue weighted by Gasteiger charge is 2.50. The summed E-state index contributed by atoms with van der Waals surface area (Å²) in [6.45, 7) is 1.15. The maximum atomic E-state index is 3.85. The molecule has 0 bridgehead atoms. The molecule has 0 radical (unpaired) electrons. The summed E-state index contributed by atoms with van der Waals surface area (Å²) in [6.07, 6.45) is 5.90. The first-order valence-corrected chi connectivity index (χ1v) is 10.6. The lowest BCUT2D eigenvalue weighted by Gasteiger charge is -2.54. The Bertz CT molecular complexity index is 984. The van der Waals surface area contributed by atoms with Gasteiger partial charge in [0.05, 0.1) is 5.54 Å². The molecule has 2 heterocycles. The van der Waals surface area contributed by atoms with Crippen LogP contribution in [0.25, 0.3) is 10.9 Å². The number of nitrogens with zero attached hydrogens (tertiary/aromatic N) is 2. The lowest BCUT2D eigenvalue weighted by Crippen LogP contribution is -2.55. The van der Waals surface area contributed by atoms with Crippen LogP contribution < -0.4 is 0 Å². The van der Waals surface area contributed by atoms with Gasteiger partial charge in [-0.15, -0.1) is 12.4 Å². The standard InChI is InChI=1S/C25H31N3.ClH/c1-27(2)24(19-9-5-4-6-10-19)14-16-25(17-15-24)23-21(13-18-28(25)3)20-11-7-8-12-22(20)26-23;/h4-12,26H,13-18H2,1-3H3;1H. The van der Waals surface area contributed by atoms with Crippen LogP contribution in [0, 0.1) is 0 Å². The van der Waals surface area contributed by atoms with Crippen LogP contribution in [-0.4, -0.2) is 42.5 Å². The number of rotatable bonds is 2. The lowest BCUT2D eigenvalue weighted by molar-refractivity contribution is -0.00980. The molecule has 0 atom stereocenters. The number of hydrogen-bond donors (Lipinski definition) is 1. The number of likely N-dealkylation sites (N-methyl/N-ethyl adjacent to an activating group) is 1. The Morgan fingerprint density at radius 1 is 0.897 bits per heavy atom. The van der Waals surface area contributed by atoms with Crippen molar-refractivity contribution in [2.75, 3.05) is 27.7 Å². The van der Waals surface area contributed by atoms with E-state index >= 15 is 0 Å². The molecular formula is C25H32ClN3. The third-order valence-corrected chi connectivity index (χ3v) is 7.78. The second kappa shape index (κ2) is 7.46. The van der Waals surface area contributed by atoms with E-state index in [9.17, 15) is 0 Å². The van der Waals surface area contributed by atoms with E-state index in [1.165, 1.54) is 47.8 Å². The SMILES string of the molecule is CN(C)C1(c2ccccc2)CCC2(CC1)c1[nH]c3ccccc3c1CCN2C.Cl. The normalized spacial score (nSPS) is 27.2. The number of nitrogens with one attached hydrogen (secondary N) is 1. The van der Waals surface area contributed by atoms with Crippen molar-refractivity contribution < 1.29 is 0 Å². The minimum Gasteiger partial charge on any atom is -0.357 e. The van der Waals surface area contributed by atoms with Gasteiger partial charge in [0.15, 0.2) is 0 Å². The van der Waals surface area contributed by atoms with Crippen LogP contribution in [0.5, 0.6) is 0 Å². The fourth-order valence-corrected chi connectivity index (χ4v) is 5.99. The zero-order valence-electron chi connectivity index (χ0n) is 17.7. The minimum atomic E-state index is 0. The molecule has 2 aliphatic rings. The number of benzene rings is 2. The Balaban J connectivity index is 0.00000205. The van der Waals surface area contributed by atoms with Crippen LogP contribution >= 0.6 is 12.4 Å². The van der Waals surface area contributed by atoms with Crippen molar-refractivity contribution in [2.24, 2.45) is 0 Å². The number of hydrogen-bond acceptors (Lipinski definition) is 2. The third kappa shape index (κ3) is 2.94. The van der Waals surface area contributed by atoms with Crippen molar-refractivity contribution in [2.45, 2.75) is 43.2 Å². The van der Waals surface area contributed by atoms with Crippen LogP contribution in [0.2, 0.25) is 0 Å². The molecule has 1 fully saturated rings. The summed E-state index contributed by atoms with van der Waals surface area (Å²) in [5.74, 6) is 0. The molecule has 1 aliphatic carbocycles. The van der Waals surface area contributed by atoms with Gasteiger partial charge in [-0.3, -0.25) is 9.80 Å². The van der Waals surface area contributed by atoms with Crippen LogP contribution in [0.15, 0.2) is 54.6 Å². The summed E-state index contributed by atoms with van der Waals surface area (Å²) < 4.78 is 0. The smallest absolute Gasteiger partial charge is 0.0613 e. The van der Waals surface area contributed by atoms with Gasteiger partial charge in [0.2, 0.25) is 0 Å². The average molecular weight is 410 g/mol. The van der Waals surface area contributed by atoms with Crippen LogP contribution in [0.3, 0.4) is 0 Å². The molecule has 0 saturated heterocycles. The second-order valence-corrected chi connectivity index (χ2v) is 9.02. The van der Waals surface area contributed by atoms with E-state index in [4.69, 9.17) is 0 Å². The molecule has 3 nitrogen and oxygen atoms in total. The van der Waals surface area contributed by atoms with E-state index in [1.54, 1.807) is 5.56 Å². The molecule has 2 aromatic carbocycles. The monoisotopic (exact) mass is 409 g/mol. The van der Waals surface area contributed by atoms with E-state index in [-0.39, 0.29) is 23.5 Å². The molecule has 0 amide bonds. The van der Waals surface area contributed by atoms with E-state index in [0.29, 0.717) is 0 Å². The first kappa shape index (κ1) is 20.5. The van der Waals surface area contributed by atoms with Crippen LogP contribution in [-0.2, 0) is 17.5 Å². The summed E-state index contributed by atoms with van der Waals surface area (Å²) in [5, 5.41) is 1.43. The van der Waals surface area contributed by atoms with Gasteiger partial charge in [0.1, 0.15) is 0 Å². The Kier molecular flexibility index (Phi) is 5.27. The Morgan fingerprint density at radius 3 is 2.24 bits per heavy atom. The molecule has 5 rings (SSSR count). The predicted octanol–water partition coefficient (Wildman–Crippen LogP) is 5.30. The van der Waals surface area contributed by atoms with E-state index in [1.807, 2.05) is 0 Å². The summed E-state index contributed by atoms with van der Waals surface area (Å²) in [4.78, 5) is 8.94. The molecule has 1 aliphatic heterocycles. The molecule has 1 spiro atoms. The largest absolute Gasteiger partial charge is 0.357 e. The molecule has 1 N–H and O–H groups in total. The van der Waals surface area contributed by atoms with Crippen molar-refractivity contribution in [1.29, 1.82) is 0 Å². The molecule has 1 aromatic heterocycles. The van der Waals surface area contributed by atoms with E-state index in [2.05, 4.69) is 90.5 Å². The average Bonchev–Trinajstić information content (AvgIpc) is 3.12. The number of halogens is 1. The molecular weight excluding hydrogens is 378 g/mol. The fourth-order valence-electron chi connectivity index (χ4n) is 5.99. The number of para-hydroxylation sites is 1. The van der Waals surface area contributed by atoms with Crippen molar-refractivity contribution in [3.8, 4) is 0 Å². The molecule has 1 saturated carbocycles. The number of aromatic nitrogens is 1. The van der Waals surface area contributed by atoms with Gasteiger partial charge >= 0.3 is 0 Å². The van der Waals surface area contributed by atoms with Gasteiger partial charge in [-0.1, -0.05) is 48.5 Å². The molecule has 29 heavy (non-hydrogen) atoms. The van der Waals surface area contributed by atoms with E-state index in [0.717, 1.165) is 13.0 Å². The summed E-state index contributed by atoms with van der Waals surface area (Å²) >= 11 is 0. The highest BCUT2D eigenvalue weighted by molar-refractivity contribution is 5.85. The van der Waals surface area contributed by atoms with Gasteiger partial charge in [-0.2, -0.15) is 0 Å². The third-order valence-electron chi connectivity index (χ3n) is 7.78. The second-order valence-electron chi connectivity index (χ2n) is 9.02. The number of H-pyrrole nitrogens is 1. The zero-order valence-corrected chi connectivity index (χ0v) is 18.6. The van der Waals surface area contributed by atoms with Crippen LogP contribution in [0.1, 0.15) is 42.5 Å². The van der Waals surface area contributed by atoms with E-state index < -0.39 is 0 Å². The Labute approximate surface area is 180 Å². The Morgan fingerprint density at radius 2 is 1.55 bits per heavy atom. The zero-order chi connectivity index (χ0) is 19.4. The molecule has 0 unspecified atom stereocenters. The number of aromatic amines is 1. The first-order chi connectivity index (χ1) is 13.6. The number of fused-ring (bicyclic) bond motifs is 4. The minimum absolute atomic E-state index is 0. The van der Waals surface area contributed by atoms with Crippen molar-refractivity contribution in [1.82, 2.24) is 14.8 Å². The van der Waals surface area contributed by atoms with Crippen molar-refractivity contribution in [3.05, 3.63) is 71.4 Å². The molecule has 4 heteroatoms. The summed E-state index contributed by atoms with van der Waals surface area (Å²) in [6, 6.07) is 20.0. The van der Waals surface area contributed by atoms with Gasteiger partial charge in [0.25, 0.3) is 0 Å². The fraction of sp³-hybridized carbons (Fsp3) is 0.440. The highest BCUT2D eigenvalue weighted by Crippen LogP contribution is 2.52. The van der Waals surface area contributed by atoms with Crippen LogP contribution in [0.4, 0.5) is 0 Å². The predicted molar refractivity (Wildman–Crippen MR) is 124 cm³/mol. The first-order valence-electron chi connectivity index (χ1n) is 10.6. The summed E-state index contributed by atoms with van der Waals surface area (Å²) in [7, 11) is 6.84. The molecule has 154 valence electrons. The maximum Gasteiger partial charge on any atom is 0.0613 e. The Hall–Kier alpha value is -1.81.